The summed E-state index contributed by atoms with van der Waals surface area (Å²) >= 11 is 12.0. The Hall–Kier alpha value is -2.09. The highest BCUT2D eigenvalue weighted by atomic mass is 35.5. The summed E-state index contributed by atoms with van der Waals surface area (Å²) in [6.07, 6.45) is 1.69. The van der Waals surface area contributed by atoms with Crippen LogP contribution < -0.4 is 15.8 Å². The number of piperazine rings is 1. The number of anilines is 2. The molecule has 26 heavy (non-hydrogen) atoms. The number of carbonyl (C=O) groups excluding carboxylic acids is 1. The van der Waals surface area contributed by atoms with Crippen LogP contribution in [0.5, 0.6) is 0 Å². The Labute approximate surface area is 161 Å². The molecule has 1 N–H and O–H groups in total. The molecule has 0 atom stereocenters. The van der Waals surface area contributed by atoms with Crippen LogP contribution in [0.3, 0.4) is 0 Å². The second-order valence-electron chi connectivity index (χ2n) is 6.09. The van der Waals surface area contributed by atoms with Crippen LogP contribution in [-0.4, -0.2) is 53.3 Å². The van der Waals surface area contributed by atoms with Gasteiger partial charge in [0, 0.05) is 39.3 Å². The number of nitrogens with zero attached hydrogens (tertiary/aromatic N) is 4. The minimum absolute atomic E-state index is 0.136. The molecule has 1 amide bonds. The fourth-order valence-corrected chi connectivity index (χ4v) is 3.14. The number of rotatable bonds is 4. The van der Waals surface area contributed by atoms with E-state index in [4.69, 9.17) is 23.2 Å². The quantitative estimate of drug-likeness (QED) is 0.854. The summed E-state index contributed by atoms with van der Waals surface area (Å²) in [6, 6.07) is 6.70. The summed E-state index contributed by atoms with van der Waals surface area (Å²) < 4.78 is 1.30. The largest absolute Gasteiger partial charge is 0.368 e. The van der Waals surface area contributed by atoms with E-state index in [1.165, 1.54) is 4.68 Å². The Morgan fingerprint density at radius 3 is 2.65 bits per heavy atom. The van der Waals surface area contributed by atoms with Crippen molar-refractivity contribution in [2.75, 3.05) is 42.9 Å². The summed E-state index contributed by atoms with van der Waals surface area (Å²) in [5, 5.41) is 7.58. The molecule has 1 aliphatic rings. The first-order valence-electron chi connectivity index (χ1n) is 8.18. The second-order valence-corrected chi connectivity index (χ2v) is 6.87. The second kappa shape index (κ2) is 8.07. The van der Waals surface area contributed by atoms with Crippen LogP contribution in [0.25, 0.3) is 0 Å². The smallest absolute Gasteiger partial charge is 0.268 e. The van der Waals surface area contributed by atoms with Crippen molar-refractivity contribution in [3.05, 3.63) is 50.9 Å². The summed E-state index contributed by atoms with van der Waals surface area (Å²) in [5.41, 5.74) is 1.18. The molecule has 3 rings (SSSR count). The van der Waals surface area contributed by atoms with E-state index >= 15 is 0 Å². The van der Waals surface area contributed by atoms with E-state index < -0.39 is 0 Å². The van der Waals surface area contributed by atoms with Gasteiger partial charge in [0.2, 0.25) is 5.91 Å². The van der Waals surface area contributed by atoms with Crippen LogP contribution in [0.15, 0.2) is 35.3 Å². The van der Waals surface area contributed by atoms with E-state index in [0.717, 1.165) is 18.8 Å². The molecule has 0 aliphatic carbocycles. The Bertz CT molecular complexity index is 862. The van der Waals surface area contributed by atoms with Gasteiger partial charge < -0.3 is 10.2 Å². The van der Waals surface area contributed by atoms with Crippen LogP contribution in [0.4, 0.5) is 11.4 Å². The molecule has 1 aromatic carbocycles. The Morgan fingerprint density at radius 2 is 1.96 bits per heavy atom. The minimum Gasteiger partial charge on any atom is -0.368 e. The van der Waals surface area contributed by atoms with Crippen molar-refractivity contribution in [3.63, 3.8) is 0 Å². The van der Waals surface area contributed by atoms with Crippen molar-refractivity contribution in [2.45, 2.75) is 0 Å². The highest BCUT2D eigenvalue weighted by Gasteiger charge is 2.20. The van der Waals surface area contributed by atoms with Gasteiger partial charge >= 0.3 is 0 Å². The van der Waals surface area contributed by atoms with Crippen LogP contribution in [0.2, 0.25) is 10.0 Å². The maximum Gasteiger partial charge on any atom is 0.268 e. The van der Waals surface area contributed by atoms with Gasteiger partial charge in [-0.25, -0.2) is 4.68 Å². The first kappa shape index (κ1) is 18.7. The zero-order valence-electron chi connectivity index (χ0n) is 14.3. The number of hydrogen-bond acceptors (Lipinski definition) is 5. The normalized spacial score (nSPS) is 15.1. The molecule has 9 heteroatoms. The molecule has 1 saturated heterocycles. The third-order valence-electron chi connectivity index (χ3n) is 4.28. The molecule has 1 aliphatic heterocycles. The topological polar surface area (TPSA) is 70.5 Å². The van der Waals surface area contributed by atoms with E-state index in [0.29, 0.717) is 28.8 Å². The Morgan fingerprint density at radius 1 is 1.23 bits per heavy atom. The molecule has 2 heterocycles. The zero-order chi connectivity index (χ0) is 18.7. The van der Waals surface area contributed by atoms with Gasteiger partial charge in [-0.05, 0) is 12.1 Å². The molecule has 7 nitrogen and oxygen atoms in total. The molecule has 0 radical (unpaired) electrons. The Kier molecular flexibility index (Phi) is 5.80. The third-order valence-corrected chi connectivity index (χ3v) is 5.10. The van der Waals surface area contributed by atoms with Gasteiger partial charge in [0.25, 0.3) is 5.56 Å². The maximum atomic E-state index is 12.3. The van der Waals surface area contributed by atoms with Gasteiger partial charge in [0.1, 0.15) is 0 Å². The van der Waals surface area contributed by atoms with Crippen molar-refractivity contribution in [3.8, 4) is 0 Å². The third kappa shape index (κ3) is 4.35. The predicted octanol–water partition coefficient (Wildman–Crippen LogP) is 1.85. The van der Waals surface area contributed by atoms with Crippen molar-refractivity contribution < 1.29 is 4.79 Å². The molecule has 1 fully saturated rings. The number of carbonyl (C=O) groups is 1. The lowest BCUT2D eigenvalue weighted by atomic mass is 10.2. The fraction of sp³-hybridized carbons (Fsp3) is 0.353. The molecule has 2 aromatic rings. The minimum atomic E-state index is -0.141. The molecule has 0 unspecified atom stereocenters. The zero-order valence-corrected chi connectivity index (χ0v) is 15.8. The van der Waals surface area contributed by atoms with E-state index in [2.05, 4.69) is 20.2 Å². The van der Waals surface area contributed by atoms with Crippen LogP contribution >= 0.6 is 23.2 Å². The summed E-state index contributed by atoms with van der Waals surface area (Å²) in [7, 11) is 1.62. The average Bonchev–Trinajstić information content (AvgIpc) is 2.62. The highest BCUT2D eigenvalue weighted by molar-refractivity contribution is 6.44. The Balaban J connectivity index is 1.53. The summed E-state index contributed by atoms with van der Waals surface area (Å²) in [5.74, 6) is -0.141. The molecule has 0 spiro atoms. The number of benzene rings is 1. The van der Waals surface area contributed by atoms with E-state index in [-0.39, 0.29) is 18.0 Å². The monoisotopic (exact) mass is 395 g/mol. The summed E-state index contributed by atoms with van der Waals surface area (Å²) in [6.45, 7) is 3.14. The molecular formula is C17H19Cl2N5O2. The van der Waals surface area contributed by atoms with Crippen molar-refractivity contribution >= 4 is 40.5 Å². The molecule has 1 aromatic heterocycles. The maximum absolute atomic E-state index is 12.3. The standard InChI is InChI=1S/C17H19Cl2N5O2/c1-22-16(26)9-12(10-20-22)24-7-5-23(6-8-24)11-15(25)21-14-4-2-3-13(18)17(14)19/h2-4,9-10H,5-8,11H2,1H3,(H,21,25). The van der Waals surface area contributed by atoms with Gasteiger partial charge in [0.05, 0.1) is 34.2 Å². The number of aryl methyl sites for hydroxylation is 1. The fourth-order valence-electron chi connectivity index (χ4n) is 2.79. The van der Waals surface area contributed by atoms with Gasteiger partial charge in [-0.15, -0.1) is 0 Å². The highest BCUT2D eigenvalue weighted by Crippen LogP contribution is 2.29. The van der Waals surface area contributed by atoms with Crippen molar-refractivity contribution in [2.24, 2.45) is 7.05 Å². The lowest BCUT2D eigenvalue weighted by Crippen LogP contribution is -2.49. The van der Waals surface area contributed by atoms with Crippen LogP contribution in [0.1, 0.15) is 0 Å². The number of nitrogens with one attached hydrogen (secondary N) is 1. The first-order valence-corrected chi connectivity index (χ1v) is 8.94. The van der Waals surface area contributed by atoms with Gasteiger partial charge in [-0.1, -0.05) is 29.3 Å². The number of hydrogen-bond donors (Lipinski definition) is 1. The molecular weight excluding hydrogens is 377 g/mol. The lowest BCUT2D eigenvalue weighted by molar-refractivity contribution is -0.117. The van der Waals surface area contributed by atoms with Crippen molar-refractivity contribution in [1.82, 2.24) is 14.7 Å². The number of halogens is 2. The molecule has 0 bridgehead atoms. The van der Waals surface area contributed by atoms with Gasteiger partial charge in [0.15, 0.2) is 0 Å². The average molecular weight is 396 g/mol. The predicted molar refractivity (Wildman–Crippen MR) is 103 cm³/mol. The SMILES string of the molecule is Cn1ncc(N2CCN(CC(=O)Nc3cccc(Cl)c3Cl)CC2)cc1=O. The molecule has 0 saturated carbocycles. The van der Waals surface area contributed by atoms with Gasteiger partial charge in [-0.3, -0.25) is 14.5 Å². The van der Waals surface area contributed by atoms with Crippen LogP contribution in [-0.2, 0) is 11.8 Å². The van der Waals surface area contributed by atoms with E-state index in [1.54, 1.807) is 37.5 Å². The van der Waals surface area contributed by atoms with E-state index in [1.807, 2.05) is 0 Å². The lowest BCUT2D eigenvalue weighted by Gasteiger charge is -2.35. The van der Waals surface area contributed by atoms with Gasteiger partial charge in [-0.2, -0.15) is 5.10 Å². The number of amides is 1. The first-order chi connectivity index (χ1) is 12.4. The van der Waals surface area contributed by atoms with Crippen molar-refractivity contribution in [1.29, 1.82) is 0 Å². The number of aromatic nitrogens is 2. The van der Waals surface area contributed by atoms with Crippen LogP contribution in [0, 0.1) is 0 Å². The van der Waals surface area contributed by atoms with E-state index in [9.17, 15) is 9.59 Å². The molecule has 138 valence electrons. The summed E-state index contributed by atoms with van der Waals surface area (Å²) in [4.78, 5) is 28.1.